The summed E-state index contributed by atoms with van der Waals surface area (Å²) < 4.78 is 40.2. The van der Waals surface area contributed by atoms with Crippen LogP contribution >= 0.6 is 0 Å². The summed E-state index contributed by atoms with van der Waals surface area (Å²) in [6.45, 7) is 13.5. The maximum absolute atomic E-state index is 13.4. The van der Waals surface area contributed by atoms with Crippen molar-refractivity contribution in [1.29, 1.82) is 0 Å². The number of rotatable bonds is 6. The number of nitrogens with zero attached hydrogens (tertiary/aromatic N) is 2. The lowest BCUT2D eigenvalue weighted by atomic mass is 9.88. The van der Waals surface area contributed by atoms with Crippen LogP contribution in [0.4, 0.5) is 4.79 Å². The molecule has 4 atom stereocenters. The molecule has 0 spiro atoms. The Morgan fingerprint density at radius 2 is 1.82 bits per heavy atom. The Morgan fingerprint density at radius 3 is 2.40 bits per heavy atom. The third-order valence-electron chi connectivity index (χ3n) is 9.70. The highest BCUT2D eigenvalue weighted by molar-refractivity contribution is 7.91. The van der Waals surface area contributed by atoms with E-state index in [2.05, 4.69) is 35.5 Å². The minimum atomic E-state index is -3.39. The van der Waals surface area contributed by atoms with Crippen molar-refractivity contribution >= 4 is 44.6 Å². The van der Waals surface area contributed by atoms with Crippen LogP contribution in [0.3, 0.4) is 0 Å². The highest BCUT2D eigenvalue weighted by Crippen LogP contribution is 2.42. The normalized spacial score (nSPS) is 23.2. The summed E-state index contributed by atoms with van der Waals surface area (Å²) in [5, 5.41) is 7.19. The van der Waals surface area contributed by atoms with Gasteiger partial charge >= 0.3 is 6.09 Å². The number of pyridine rings is 1. The lowest BCUT2D eigenvalue weighted by molar-refractivity contribution is -0.139. The van der Waals surface area contributed by atoms with Crippen molar-refractivity contribution < 1.29 is 46.1 Å². The van der Waals surface area contributed by atoms with E-state index < -0.39 is 26.7 Å². The van der Waals surface area contributed by atoms with Gasteiger partial charge in [-0.25, -0.2) is 13.2 Å². The van der Waals surface area contributed by atoms with E-state index in [4.69, 9.17) is 14.2 Å². The number of carbonyl (C=O) groups excluding carboxylic acids is 4. The number of alkyl carbamates (subject to hydrolysis) is 1. The van der Waals surface area contributed by atoms with Crippen LogP contribution in [0.1, 0.15) is 104 Å². The number of ether oxygens (including phenoxy) is 3. The third kappa shape index (κ3) is 14.0. The molecular weight excluding hydrogens is 727 g/mol. The van der Waals surface area contributed by atoms with Crippen molar-refractivity contribution in [2.75, 3.05) is 27.2 Å². The van der Waals surface area contributed by atoms with Crippen LogP contribution in [0.15, 0.2) is 42.5 Å². The second kappa shape index (κ2) is 20.0. The molecular formula is C40H67N5O9S. The van der Waals surface area contributed by atoms with E-state index in [1.807, 2.05) is 61.9 Å². The van der Waals surface area contributed by atoms with Gasteiger partial charge in [-0.15, -0.1) is 0 Å². The molecule has 14 nitrogen and oxygen atoms in total. The molecule has 1 saturated heterocycles. The van der Waals surface area contributed by atoms with Crippen molar-refractivity contribution in [3.63, 3.8) is 0 Å². The van der Waals surface area contributed by atoms with Gasteiger partial charge in [0.25, 0.3) is 0 Å². The summed E-state index contributed by atoms with van der Waals surface area (Å²) in [5.74, 6) is 1.20. The number of hydrogen-bond acceptors (Lipinski definition) is 10. The highest BCUT2D eigenvalue weighted by atomic mass is 32.2. The number of benzene rings is 1. The van der Waals surface area contributed by atoms with Crippen molar-refractivity contribution in [3.8, 4) is 11.8 Å². The minimum Gasteiger partial charge on any atom is -0.481 e. The number of hydrogen-bond donors (Lipinski definition) is 3. The van der Waals surface area contributed by atoms with Crippen LogP contribution in [0.25, 0.3) is 10.8 Å². The first-order valence-corrected chi connectivity index (χ1v) is 20.6. The van der Waals surface area contributed by atoms with Gasteiger partial charge in [0.15, 0.2) is 0 Å². The number of carbonyl (C=O) groups is 4. The predicted octanol–water partition coefficient (Wildman–Crippen LogP) is 6.38. The molecule has 2 fully saturated rings. The first kappa shape index (κ1) is 45.0. The largest absolute Gasteiger partial charge is 0.481 e. The molecule has 0 unspecified atom stereocenters. The molecule has 5 rings (SSSR count). The second-order valence-corrected chi connectivity index (χ2v) is 17.9. The molecule has 3 heterocycles. The molecule has 0 bridgehead atoms. The molecule has 15 heteroatoms. The van der Waals surface area contributed by atoms with Gasteiger partial charge in [-0.1, -0.05) is 50.6 Å². The van der Waals surface area contributed by atoms with Crippen LogP contribution in [-0.2, 0) is 29.1 Å². The molecule has 1 aliphatic carbocycles. The Morgan fingerprint density at radius 1 is 1.13 bits per heavy atom. The summed E-state index contributed by atoms with van der Waals surface area (Å²) in [4.78, 5) is 53.7. The molecule has 1 aromatic carbocycles. The van der Waals surface area contributed by atoms with Crippen molar-refractivity contribution in [1.82, 2.24) is 25.2 Å². The van der Waals surface area contributed by atoms with E-state index in [1.54, 1.807) is 18.9 Å². The summed E-state index contributed by atoms with van der Waals surface area (Å²) in [6, 6.07) is 9.17. The SMILES string of the molecule is CC(=O)NS(=O)(=O)C1(C)CC1.CC[C@H]1CC(=O)N2C[C@H](Oc3nc(OC)cc4ccccc34)C[C@H]2C(=O)NC/C=C\CC[C@@H](C)C1.CNC(=O)OC(C)(C)C.[HH].[HH].[HH]. The van der Waals surface area contributed by atoms with Gasteiger partial charge in [0.1, 0.15) is 17.7 Å². The number of nitrogens with one attached hydrogen (secondary N) is 3. The number of fused-ring (bicyclic) bond motifs is 2. The first-order valence-electron chi connectivity index (χ1n) is 19.1. The van der Waals surface area contributed by atoms with Gasteiger partial charge < -0.3 is 29.7 Å². The van der Waals surface area contributed by atoms with Crippen molar-refractivity contribution in [3.05, 3.63) is 42.5 Å². The monoisotopic (exact) mass is 793 g/mol. The minimum absolute atomic E-state index is 0. The quantitative estimate of drug-likeness (QED) is 0.278. The van der Waals surface area contributed by atoms with Crippen LogP contribution in [0.5, 0.6) is 11.8 Å². The molecule has 3 N–H and O–H groups in total. The molecule has 4 amide bonds. The van der Waals surface area contributed by atoms with Crippen LogP contribution < -0.4 is 24.8 Å². The van der Waals surface area contributed by atoms with E-state index in [-0.39, 0.29) is 33.9 Å². The van der Waals surface area contributed by atoms with Crippen LogP contribution in [0.2, 0.25) is 0 Å². The number of methoxy groups -OCH3 is 1. The number of allylic oxidation sites excluding steroid dienone is 1. The number of amides is 4. The Hall–Kier alpha value is -4.40. The van der Waals surface area contributed by atoms with Gasteiger partial charge in [-0.3, -0.25) is 19.1 Å². The number of aromatic nitrogens is 1. The average molecular weight is 794 g/mol. The molecule has 1 aromatic heterocycles. The van der Waals surface area contributed by atoms with E-state index in [0.717, 1.165) is 36.5 Å². The first-order chi connectivity index (χ1) is 25.8. The third-order valence-corrected chi connectivity index (χ3v) is 12.0. The van der Waals surface area contributed by atoms with Gasteiger partial charge in [0, 0.05) is 49.1 Å². The molecule has 0 radical (unpaired) electrons. The predicted molar refractivity (Wildman–Crippen MR) is 218 cm³/mol. The van der Waals surface area contributed by atoms with Crippen LogP contribution in [-0.4, -0.2) is 91.9 Å². The molecule has 2 aliphatic heterocycles. The lowest BCUT2D eigenvalue weighted by Gasteiger charge is -2.27. The molecule has 1 saturated carbocycles. The lowest BCUT2D eigenvalue weighted by Crippen LogP contribution is -2.46. The standard InChI is InChI=1S/C28H37N3O4.C6H11NO3S.C6H13NO2.3H2/c1-4-20-14-19(2)10-6-5-9-13-29-27(33)24-17-22(18-31(24)26(32)15-20)35-28-23-12-8-7-11-21(23)16-25(30-28)34-3;1-5(8)7-11(9,10)6(2)3-4-6;1-6(2,3)9-5(8)7-4;;;/h5,7-9,11-12,16,19-20,22,24H,4,6,10,13-15,17-18H2,1-3H3,(H,29,33);3-4H2,1-2H3,(H,7,8);1-4H3,(H,7,8);3*1H/b9-5-;;;;;/t19-,20-,22-,24+;;;;;/m1...../s1. The smallest absolute Gasteiger partial charge is 0.407 e. The Bertz CT molecular complexity index is 1790. The number of sulfonamides is 1. The zero-order valence-corrected chi connectivity index (χ0v) is 34.7. The summed E-state index contributed by atoms with van der Waals surface area (Å²) >= 11 is 0. The molecule has 312 valence electrons. The Labute approximate surface area is 331 Å². The zero-order valence-electron chi connectivity index (χ0n) is 33.9. The zero-order chi connectivity index (χ0) is 41.0. The highest BCUT2D eigenvalue weighted by Gasteiger charge is 2.50. The fourth-order valence-corrected chi connectivity index (χ4v) is 7.56. The second-order valence-electron chi connectivity index (χ2n) is 15.7. The van der Waals surface area contributed by atoms with Gasteiger partial charge in [0.2, 0.25) is 39.5 Å². The fraction of sp³-hybridized carbons (Fsp3) is 0.625. The summed E-state index contributed by atoms with van der Waals surface area (Å²) in [5.41, 5.74) is -0.389. The maximum Gasteiger partial charge on any atom is 0.407 e. The molecule has 2 aromatic rings. The maximum atomic E-state index is 13.4. The van der Waals surface area contributed by atoms with Gasteiger partial charge in [0.05, 0.1) is 18.4 Å². The topological polar surface area (TPSA) is 182 Å². The Kier molecular flexibility index (Phi) is 16.3. The van der Waals surface area contributed by atoms with Crippen LogP contribution in [0, 0.1) is 11.8 Å². The molecule has 3 aliphatic rings. The van der Waals surface area contributed by atoms with E-state index in [9.17, 15) is 27.6 Å². The average Bonchev–Trinajstić information content (AvgIpc) is 3.74. The van der Waals surface area contributed by atoms with E-state index >= 15 is 0 Å². The van der Waals surface area contributed by atoms with Crippen molar-refractivity contribution in [2.45, 2.75) is 122 Å². The fourth-order valence-electron chi connectivity index (χ4n) is 6.29. The molecule has 55 heavy (non-hydrogen) atoms. The summed E-state index contributed by atoms with van der Waals surface area (Å²) in [6.07, 6.45) is 9.71. The van der Waals surface area contributed by atoms with E-state index in [1.165, 1.54) is 14.0 Å². The van der Waals surface area contributed by atoms with Crippen molar-refractivity contribution in [2.24, 2.45) is 11.8 Å². The van der Waals surface area contributed by atoms with E-state index in [0.29, 0.717) is 62.4 Å². The van der Waals surface area contributed by atoms with Gasteiger partial charge in [-0.2, -0.15) is 4.98 Å². The summed E-state index contributed by atoms with van der Waals surface area (Å²) in [7, 11) is -0.272. The Balaban J connectivity index is 0.00000117. The van der Waals surface area contributed by atoms with Gasteiger partial charge in [-0.05, 0) is 83.1 Å².